The topological polar surface area (TPSA) is 76.9 Å². The number of halogens is 7. The lowest BCUT2D eigenvalue weighted by molar-refractivity contribution is -0.143. The molecule has 2 heterocycles. The number of rotatable bonds is 6. The fourth-order valence-corrected chi connectivity index (χ4v) is 5.28. The molecule has 6 nitrogen and oxygen atoms in total. The van der Waals surface area contributed by atoms with Gasteiger partial charge in [-0.3, -0.25) is 4.79 Å². The van der Waals surface area contributed by atoms with Crippen LogP contribution in [0.5, 0.6) is 0 Å². The van der Waals surface area contributed by atoms with Gasteiger partial charge in [-0.05, 0) is 80.3 Å². The molecule has 1 aliphatic heterocycles. The van der Waals surface area contributed by atoms with Crippen molar-refractivity contribution in [1.82, 2.24) is 4.98 Å². The summed E-state index contributed by atoms with van der Waals surface area (Å²) in [6.07, 6.45) is -9.37. The van der Waals surface area contributed by atoms with Crippen molar-refractivity contribution in [1.29, 1.82) is 0 Å². The summed E-state index contributed by atoms with van der Waals surface area (Å²) >= 11 is 0. The summed E-state index contributed by atoms with van der Waals surface area (Å²) < 4.78 is 95.8. The van der Waals surface area contributed by atoms with E-state index in [1.54, 1.807) is 17.9 Å². The van der Waals surface area contributed by atoms with E-state index in [1.807, 2.05) is 0 Å². The molecule has 1 amide bonds. The zero-order chi connectivity index (χ0) is 32.1. The molecular weight excluding hydrogens is 583 g/mol. The Hall–Kier alpha value is -3.71. The van der Waals surface area contributed by atoms with E-state index in [9.17, 15) is 45.7 Å². The first-order valence-corrected chi connectivity index (χ1v) is 13.2. The molecule has 4 rings (SSSR count). The number of nitrogens with zero attached hydrogens (tertiary/aromatic N) is 3. The van der Waals surface area contributed by atoms with Crippen LogP contribution in [-0.2, 0) is 22.6 Å². The number of anilines is 2. The van der Waals surface area contributed by atoms with Crippen LogP contribution in [0.3, 0.4) is 0 Å². The number of hydrogen-bond acceptors (Lipinski definition) is 5. The summed E-state index contributed by atoms with van der Waals surface area (Å²) in [5, 5.41) is 20.0. The van der Waals surface area contributed by atoms with E-state index in [1.165, 1.54) is 45.3 Å². The van der Waals surface area contributed by atoms with E-state index < -0.39 is 58.3 Å². The van der Waals surface area contributed by atoms with Crippen molar-refractivity contribution in [3.63, 3.8) is 0 Å². The second-order valence-corrected chi connectivity index (χ2v) is 11.2. The third-order valence-electron chi connectivity index (χ3n) is 7.77. The first-order valence-electron chi connectivity index (χ1n) is 13.2. The quantitative estimate of drug-likeness (QED) is 0.329. The molecule has 1 saturated heterocycles. The molecule has 0 bridgehead atoms. The highest BCUT2D eigenvalue weighted by Gasteiger charge is 2.41. The summed E-state index contributed by atoms with van der Waals surface area (Å²) in [6, 6.07) is 6.10. The van der Waals surface area contributed by atoms with Crippen LogP contribution >= 0.6 is 0 Å². The molecule has 13 heteroatoms. The molecule has 2 aromatic carbocycles. The molecule has 0 radical (unpaired) electrons. The smallest absolute Gasteiger partial charge is 0.394 e. The number of carbonyl (C=O) groups excluding carboxylic acids is 1. The van der Waals surface area contributed by atoms with Gasteiger partial charge in [0.15, 0.2) is 0 Å². The molecule has 43 heavy (non-hydrogen) atoms. The molecular formula is C30H30F7N3O3. The average molecular weight is 614 g/mol. The lowest BCUT2D eigenvalue weighted by Crippen LogP contribution is -2.42. The molecule has 3 aromatic rings. The molecule has 1 aromatic heterocycles. The number of aromatic nitrogens is 1. The third kappa shape index (κ3) is 6.47. The molecule has 1 aliphatic rings. The predicted molar refractivity (Wildman–Crippen MR) is 146 cm³/mol. The summed E-state index contributed by atoms with van der Waals surface area (Å²) in [7, 11) is 1.30. The number of β-amino-alcohol motifs (C(OH)–C–C–N with tert-alkyl or cyclic N) is 1. The normalized spacial score (nSPS) is 17.8. The van der Waals surface area contributed by atoms with Crippen LogP contribution in [0.15, 0.2) is 48.7 Å². The first kappa shape index (κ1) is 32.2. The number of carbonyl (C=O) groups is 1. The molecule has 232 valence electrons. The SMILES string of the molecule is Cc1ccc(F)cc1-c1cc(N2CC(O)CC2CO)ncc1N(C)C(=O)C(C)(C)c1cc(C(F)(F)F)cc(C(F)(F)F)c1. The zero-order valence-corrected chi connectivity index (χ0v) is 23.7. The minimum Gasteiger partial charge on any atom is -0.394 e. The van der Waals surface area contributed by atoms with Gasteiger partial charge in [0.2, 0.25) is 5.91 Å². The Balaban J connectivity index is 1.84. The van der Waals surface area contributed by atoms with E-state index in [0.717, 1.165) is 4.90 Å². The van der Waals surface area contributed by atoms with E-state index in [4.69, 9.17) is 0 Å². The van der Waals surface area contributed by atoms with Crippen molar-refractivity contribution >= 4 is 17.4 Å². The summed E-state index contributed by atoms with van der Waals surface area (Å²) in [5.74, 6) is -1.13. The van der Waals surface area contributed by atoms with Crippen LogP contribution in [0.1, 0.15) is 42.5 Å². The highest BCUT2D eigenvalue weighted by atomic mass is 19.4. The van der Waals surface area contributed by atoms with Crippen molar-refractivity contribution in [2.24, 2.45) is 0 Å². The second-order valence-electron chi connectivity index (χ2n) is 11.2. The van der Waals surface area contributed by atoms with Gasteiger partial charge in [0.1, 0.15) is 11.6 Å². The van der Waals surface area contributed by atoms with Gasteiger partial charge in [0.05, 0.1) is 47.2 Å². The minimum atomic E-state index is -5.10. The van der Waals surface area contributed by atoms with E-state index in [2.05, 4.69) is 4.98 Å². The number of aliphatic hydroxyl groups is 2. The van der Waals surface area contributed by atoms with Crippen LogP contribution in [-0.4, -0.2) is 53.4 Å². The maximum Gasteiger partial charge on any atom is 0.416 e. The molecule has 0 aliphatic carbocycles. The Kier molecular flexibility index (Phi) is 8.55. The van der Waals surface area contributed by atoms with Gasteiger partial charge in [0, 0.05) is 19.2 Å². The number of benzene rings is 2. The summed E-state index contributed by atoms with van der Waals surface area (Å²) in [6.45, 7) is 4.00. The van der Waals surface area contributed by atoms with Gasteiger partial charge in [0.25, 0.3) is 0 Å². The van der Waals surface area contributed by atoms with Crippen molar-refractivity contribution in [2.45, 2.75) is 57.1 Å². The third-order valence-corrected chi connectivity index (χ3v) is 7.77. The molecule has 2 N–H and O–H groups in total. The number of likely N-dealkylation sites (N-methyl/N-ethyl adjacent to an activating group) is 1. The van der Waals surface area contributed by atoms with Crippen molar-refractivity contribution in [3.8, 4) is 11.1 Å². The molecule has 2 atom stereocenters. The predicted octanol–water partition coefficient (Wildman–Crippen LogP) is 6.11. The molecule has 1 fully saturated rings. The minimum absolute atomic E-state index is 0.00379. The Morgan fingerprint density at radius 1 is 0.977 bits per heavy atom. The maximum absolute atomic E-state index is 14.4. The van der Waals surface area contributed by atoms with Crippen molar-refractivity contribution in [2.75, 3.05) is 30.0 Å². The Morgan fingerprint density at radius 3 is 2.12 bits per heavy atom. The molecule has 2 unspecified atom stereocenters. The van der Waals surface area contributed by atoms with Crippen molar-refractivity contribution < 1.29 is 45.7 Å². The highest BCUT2D eigenvalue weighted by Crippen LogP contribution is 2.41. The monoisotopic (exact) mass is 613 g/mol. The number of aliphatic hydroxyl groups excluding tert-OH is 2. The number of alkyl halides is 6. The Bertz CT molecular complexity index is 1490. The van der Waals surface area contributed by atoms with Gasteiger partial charge >= 0.3 is 12.4 Å². The molecule has 0 saturated carbocycles. The molecule has 0 spiro atoms. The van der Waals surface area contributed by atoms with Gasteiger partial charge in [-0.15, -0.1) is 0 Å². The summed E-state index contributed by atoms with van der Waals surface area (Å²) in [5.41, 5.74) is -4.11. The number of aryl methyl sites for hydroxylation is 1. The lowest BCUT2D eigenvalue weighted by Gasteiger charge is -2.32. The van der Waals surface area contributed by atoms with Gasteiger partial charge in [-0.2, -0.15) is 26.3 Å². The first-order chi connectivity index (χ1) is 19.8. The van der Waals surface area contributed by atoms with Crippen LogP contribution in [0.25, 0.3) is 11.1 Å². The van der Waals surface area contributed by atoms with Gasteiger partial charge < -0.3 is 20.0 Å². The Labute approximate surface area is 243 Å². The van der Waals surface area contributed by atoms with Crippen LogP contribution < -0.4 is 9.80 Å². The van der Waals surface area contributed by atoms with Crippen LogP contribution in [0.4, 0.5) is 42.2 Å². The fourth-order valence-electron chi connectivity index (χ4n) is 5.28. The second kappa shape index (κ2) is 11.4. The Morgan fingerprint density at radius 2 is 1.56 bits per heavy atom. The highest BCUT2D eigenvalue weighted by molar-refractivity contribution is 6.03. The van der Waals surface area contributed by atoms with Gasteiger partial charge in [-0.25, -0.2) is 9.37 Å². The van der Waals surface area contributed by atoms with Crippen molar-refractivity contribution in [3.05, 3.63) is 76.7 Å². The maximum atomic E-state index is 14.4. The van der Waals surface area contributed by atoms with E-state index in [0.29, 0.717) is 34.6 Å². The number of hydrogen-bond donors (Lipinski definition) is 2. The van der Waals surface area contributed by atoms with Gasteiger partial charge in [-0.1, -0.05) is 6.07 Å². The average Bonchev–Trinajstić information content (AvgIpc) is 3.32. The summed E-state index contributed by atoms with van der Waals surface area (Å²) in [4.78, 5) is 21.0. The van der Waals surface area contributed by atoms with Crippen LogP contribution in [0.2, 0.25) is 0 Å². The zero-order valence-electron chi connectivity index (χ0n) is 23.7. The fraction of sp³-hybridized carbons (Fsp3) is 0.400. The standard InChI is InChI=1S/C30H30F7N3O3/c1-16-5-6-20(31)10-23(16)24-12-26(40-14-22(42)11-21(40)15-41)38-13-25(24)39(4)27(43)28(2,3)17-7-18(29(32,33)34)9-19(8-17)30(35,36)37/h5-10,12-13,21-22,41-42H,11,14-15H2,1-4H3. The van der Waals surface area contributed by atoms with E-state index in [-0.39, 0.29) is 31.3 Å². The van der Waals surface area contributed by atoms with Crippen LogP contribution in [0, 0.1) is 12.7 Å². The number of pyridine rings is 1. The lowest BCUT2D eigenvalue weighted by atomic mass is 9.81. The van der Waals surface area contributed by atoms with E-state index >= 15 is 0 Å². The number of amides is 1. The largest absolute Gasteiger partial charge is 0.416 e.